The molecular weight excluding hydrogens is 602 g/mol. The largest absolute Gasteiger partial charge is 0.504 e. The van der Waals surface area contributed by atoms with Crippen molar-refractivity contribution in [1.82, 2.24) is 15.2 Å². The molecule has 8 nitrogen and oxygen atoms in total. The summed E-state index contributed by atoms with van der Waals surface area (Å²) in [6.45, 7) is 3.33. The molecular formula is C40H49N3O5. The fourth-order valence-electron chi connectivity index (χ4n) is 6.65. The van der Waals surface area contributed by atoms with Gasteiger partial charge in [0.1, 0.15) is 12.4 Å². The molecule has 0 aliphatic carbocycles. The van der Waals surface area contributed by atoms with E-state index in [9.17, 15) is 10.2 Å². The van der Waals surface area contributed by atoms with E-state index in [0.717, 1.165) is 65.4 Å². The molecule has 0 radical (unpaired) electrons. The topological polar surface area (TPSA) is 97.1 Å². The molecule has 6 rings (SSSR count). The van der Waals surface area contributed by atoms with E-state index in [4.69, 9.17) is 14.2 Å². The van der Waals surface area contributed by atoms with E-state index >= 15 is 0 Å². The number of aliphatic hydroxyl groups excluding tert-OH is 1. The standard InChI is InChI=1S/C40H49N3O5/c1-3-4-6-11-35-22-34(44)15-12-29-13-16-37(45)38(21-29)48-26-33-20-30(18-28-9-7-5-8-10-28)19-32-23-43(24-36(32)33)40-31(25-47-35)14-17-39(42-40)41-27-46-2/h5,7-10,13-14,16-17,19-21,23-24,34-35,39,41-42,44-45H,3-4,6,11-12,15,18,22,25-27H2,1-2H3. The summed E-state index contributed by atoms with van der Waals surface area (Å²) >= 11 is 0. The number of unbranched alkanes of at least 4 members (excludes halogenated alkanes) is 2. The summed E-state index contributed by atoms with van der Waals surface area (Å²) in [5, 5.41) is 31.1. The first kappa shape index (κ1) is 33.8. The van der Waals surface area contributed by atoms with Crippen LogP contribution in [0, 0.1) is 0 Å². The number of ether oxygens (including phenoxy) is 3. The first-order valence-electron chi connectivity index (χ1n) is 17.3. The van der Waals surface area contributed by atoms with Crippen LogP contribution in [-0.2, 0) is 28.9 Å². The van der Waals surface area contributed by atoms with Gasteiger partial charge in [-0.2, -0.15) is 0 Å². The van der Waals surface area contributed by atoms with Gasteiger partial charge in [-0.1, -0.05) is 74.7 Å². The highest BCUT2D eigenvalue weighted by atomic mass is 16.5. The molecule has 1 aromatic heterocycles. The van der Waals surface area contributed by atoms with Crippen LogP contribution in [0.25, 0.3) is 16.6 Å². The van der Waals surface area contributed by atoms with E-state index in [-0.39, 0.29) is 18.0 Å². The average Bonchev–Trinajstić information content (AvgIpc) is 3.53. The van der Waals surface area contributed by atoms with Gasteiger partial charge in [-0.25, -0.2) is 0 Å². The molecule has 2 aliphatic rings. The number of aryl methyl sites for hydroxylation is 1. The summed E-state index contributed by atoms with van der Waals surface area (Å²) < 4.78 is 20.4. The number of aromatic nitrogens is 1. The Hall–Kier alpha value is -4.08. The number of rotatable bonds is 9. The van der Waals surface area contributed by atoms with Crippen molar-refractivity contribution in [2.45, 2.75) is 83.3 Å². The van der Waals surface area contributed by atoms with Gasteiger partial charge in [0.05, 0.1) is 31.7 Å². The van der Waals surface area contributed by atoms with Gasteiger partial charge in [0.15, 0.2) is 11.5 Å². The second-order valence-electron chi connectivity index (χ2n) is 13.0. The van der Waals surface area contributed by atoms with E-state index in [1.165, 1.54) is 11.1 Å². The lowest BCUT2D eigenvalue weighted by molar-refractivity contribution is 0.0171. The first-order valence-corrected chi connectivity index (χ1v) is 17.3. The maximum absolute atomic E-state index is 11.1. The predicted octanol–water partition coefficient (Wildman–Crippen LogP) is 7.03. The Labute approximate surface area is 284 Å². The lowest BCUT2D eigenvalue weighted by Gasteiger charge is -2.28. The Kier molecular flexibility index (Phi) is 11.5. The van der Waals surface area contributed by atoms with Crippen molar-refractivity contribution >= 4 is 16.6 Å². The molecule has 8 heteroatoms. The maximum atomic E-state index is 11.1. The zero-order valence-electron chi connectivity index (χ0n) is 28.2. The van der Waals surface area contributed by atoms with E-state index in [1.54, 1.807) is 13.2 Å². The van der Waals surface area contributed by atoms with E-state index in [2.05, 4.69) is 83.1 Å². The molecule has 0 spiro atoms. The summed E-state index contributed by atoms with van der Waals surface area (Å²) in [6, 6.07) is 20.4. The second-order valence-corrected chi connectivity index (χ2v) is 13.0. The van der Waals surface area contributed by atoms with E-state index < -0.39 is 6.10 Å². The summed E-state index contributed by atoms with van der Waals surface area (Å²) in [5.74, 6) is 1.48. The number of aromatic hydroxyl groups is 1. The summed E-state index contributed by atoms with van der Waals surface area (Å²) in [6.07, 6.45) is 14.7. The molecule has 0 amide bonds. The average molecular weight is 652 g/mol. The highest BCUT2D eigenvalue weighted by molar-refractivity contribution is 5.88. The van der Waals surface area contributed by atoms with Gasteiger partial charge < -0.3 is 34.3 Å². The van der Waals surface area contributed by atoms with Crippen LogP contribution in [0.2, 0.25) is 0 Å². The Morgan fingerprint density at radius 1 is 1.02 bits per heavy atom. The van der Waals surface area contributed by atoms with Gasteiger partial charge in [0.25, 0.3) is 0 Å². The molecule has 0 fully saturated rings. The van der Waals surface area contributed by atoms with Crippen molar-refractivity contribution in [1.29, 1.82) is 0 Å². The maximum Gasteiger partial charge on any atom is 0.161 e. The molecule has 3 unspecified atom stereocenters. The van der Waals surface area contributed by atoms with Gasteiger partial charge in [0, 0.05) is 35.8 Å². The number of fused-ring (bicyclic) bond motifs is 4. The smallest absolute Gasteiger partial charge is 0.161 e. The third-order valence-electron chi connectivity index (χ3n) is 9.26. The molecule has 0 saturated carbocycles. The highest BCUT2D eigenvalue weighted by Gasteiger charge is 2.22. The number of phenolic OH excluding ortho intramolecular Hbond substituents is 1. The van der Waals surface area contributed by atoms with Crippen molar-refractivity contribution in [3.05, 3.63) is 113 Å². The molecule has 48 heavy (non-hydrogen) atoms. The van der Waals surface area contributed by atoms with Gasteiger partial charge in [-0.15, -0.1) is 0 Å². The quantitative estimate of drug-likeness (QED) is 0.114. The van der Waals surface area contributed by atoms with Crippen LogP contribution in [0.15, 0.2) is 90.8 Å². The molecule has 3 aromatic carbocycles. The Balaban J connectivity index is 1.42. The van der Waals surface area contributed by atoms with E-state index in [0.29, 0.717) is 45.0 Å². The zero-order chi connectivity index (χ0) is 33.3. The van der Waals surface area contributed by atoms with Gasteiger partial charge in [0.2, 0.25) is 0 Å². The monoisotopic (exact) mass is 651 g/mol. The summed E-state index contributed by atoms with van der Waals surface area (Å²) in [7, 11) is 1.67. The lowest BCUT2D eigenvalue weighted by atomic mass is 9.99. The Morgan fingerprint density at radius 2 is 1.90 bits per heavy atom. The highest BCUT2D eigenvalue weighted by Crippen LogP contribution is 2.32. The molecule has 3 heterocycles. The summed E-state index contributed by atoms with van der Waals surface area (Å²) in [5.41, 5.74) is 5.51. The third kappa shape index (κ3) is 8.68. The molecule has 3 atom stereocenters. The fraction of sp³-hybridized carbons (Fsp3) is 0.400. The Morgan fingerprint density at radius 3 is 2.73 bits per heavy atom. The zero-order valence-corrected chi connectivity index (χ0v) is 28.2. The predicted molar refractivity (Wildman–Crippen MR) is 191 cm³/mol. The fourth-order valence-corrected chi connectivity index (χ4v) is 6.65. The number of phenols is 1. The lowest BCUT2D eigenvalue weighted by Crippen LogP contribution is -2.43. The first-order chi connectivity index (χ1) is 23.5. The van der Waals surface area contributed by atoms with Crippen molar-refractivity contribution in [2.75, 3.05) is 20.4 Å². The van der Waals surface area contributed by atoms with Gasteiger partial charge in [-0.05, 0) is 78.6 Å². The molecule has 2 aliphatic heterocycles. The van der Waals surface area contributed by atoms with Crippen molar-refractivity contribution in [3.63, 3.8) is 0 Å². The normalized spacial score (nSPS) is 20.2. The van der Waals surface area contributed by atoms with Crippen LogP contribution in [0.5, 0.6) is 11.5 Å². The minimum atomic E-state index is -0.503. The molecule has 4 bridgehead atoms. The summed E-state index contributed by atoms with van der Waals surface area (Å²) in [4.78, 5) is 0. The number of nitrogens with one attached hydrogen (secondary N) is 2. The van der Waals surface area contributed by atoms with Crippen LogP contribution in [-0.4, -0.2) is 53.6 Å². The second kappa shape index (κ2) is 16.3. The van der Waals surface area contributed by atoms with Crippen LogP contribution >= 0.6 is 0 Å². The number of nitrogens with zero attached hydrogens (tertiary/aromatic N) is 1. The minimum absolute atomic E-state index is 0.0634. The van der Waals surface area contributed by atoms with Crippen molar-refractivity contribution in [3.8, 4) is 11.5 Å². The van der Waals surface area contributed by atoms with E-state index in [1.807, 2.05) is 18.2 Å². The number of benzene rings is 3. The molecule has 254 valence electrons. The van der Waals surface area contributed by atoms with Gasteiger partial charge in [-0.3, -0.25) is 5.32 Å². The third-order valence-corrected chi connectivity index (χ3v) is 9.26. The number of hydrogen-bond acceptors (Lipinski definition) is 7. The number of hydrogen-bond donors (Lipinski definition) is 4. The van der Waals surface area contributed by atoms with Crippen LogP contribution in [0.3, 0.4) is 0 Å². The Bertz CT molecular complexity index is 1710. The molecule has 4 N–H and O–H groups in total. The number of aliphatic hydroxyl groups is 1. The van der Waals surface area contributed by atoms with Gasteiger partial charge >= 0.3 is 0 Å². The van der Waals surface area contributed by atoms with Crippen molar-refractivity contribution < 1.29 is 24.4 Å². The molecule has 4 aromatic rings. The number of methoxy groups -OCH3 is 1. The van der Waals surface area contributed by atoms with Crippen molar-refractivity contribution in [2.24, 2.45) is 0 Å². The van der Waals surface area contributed by atoms with Crippen LogP contribution < -0.4 is 15.4 Å². The minimum Gasteiger partial charge on any atom is -0.504 e. The molecule has 0 saturated heterocycles. The SMILES string of the molecule is CCCCCC1CC(O)CCc2ccc(O)c(c2)OCc2cc(Cc3ccccc3)cc3cn(cc23)C2=C(C=CC(NCOC)N2)CO1. The number of dihydropyridines is 1. The van der Waals surface area contributed by atoms with Crippen LogP contribution in [0.4, 0.5) is 0 Å². The van der Waals surface area contributed by atoms with Crippen LogP contribution in [0.1, 0.15) is 67.7 Å².